The van der Waals surface area contributed by atoms with Crippen LogP contribution in [0.25, 0.3) is 0 Å². The van der Waals surface area contributed by atoms with Gasteiger partial charge in [0.15, 0.2) is 0 Å². The van der Waals surface area contributed by atoms with Gasteiger partial charge in [-0.3, -0.25) is 9.59 Å². The maximum atomic E-state index is 12.4. The Kier molecular flexibility index (Phi) is 5.50. The summed E-state index contributed by atoms with van der Waals surface area (Å²) in [5.74, 6) is 0.163. The number of likely N-dealkylation sites (tertiary alicyclic amines) is 1. The zero-order chi connectivity index (χ0) is 18.1. The number of nitrogens with zero attached hydrogens (tertiary/aromatic N) is 1. The summed E-state index contributed by atoms with van der Waals surface area (Å²) < 4.78 is 37.2. The van der Waals surface area contributed by atoms with Crippen molar-refractivity contribution in [3.05, 3.63) is 0 Å². The van der Waals surface area contributed by atoms with Crippen molar-refractivity contribution in [1.29, 1.82) is 0 Å². The molecule has 2 amide bonds. The smallest absolute Gasteiger partial charge is 0.351 e. The van der Waals surface area contributed by atoms with Crippen molar-refractivity contribution < 1.29 is 22.8 Å². The van der Waals surface area contributed by atoms with Gasteiger partial charge in [0, 0.05) is 19.4 Å². The van der Waals surface area contributed by atoms with Gasteiger partial charge in [-0.15, -0.1) is 0 Å². The quantitative estimate of drug-likeness (QED) is 0.849. The van der Waals surface area contributed by atoms with Crippen molar-refractivity contribution in [2.45, 2.75) is 65.1 Å². The molecule has 0 aromatic rings. The Balaban J connectivity index is 1.82. The van der Waals surface area contributed by atoms with E-state index in [0.29, 0.717) is 18.3 Å². The minimum Gasteiger partial charge on any atom is -0.351 e. The molecule has 7 heteroatoms. The Labute approximate surface area is 141 Å². The third kappa shape index (κ3) is 5.67. The van der Waals surface area contributed by atoms with Gasteiger partial charge in [-0.05, 0) is 36.5 Å². The Morgan fingerprint density at radius 1 is 1.33 bits per heavy atom. The fourth-order valence-corrected chi connectivity index (χ4v) is 4.49. The number of carbonyl (C=O) groups is 2. The molecule has 1 aliphatic carbocycles. The summed E-state index contributed by atoms with van der Waals surface area (Å²) in [7, 11) is 0. The fraction of sp³-hybridized carbons (Fsp3) is 0.882. The lowest BCUT2D eigenvalue weighted by molar-refractivity contribution is -0.157. The molecule has 0 spiro atoms. The molecule has 0 aromatic carbocycles. The van der Waals surface area contributed by atoms with Crippen molar-refractivity contribution >= 4 is 11.8 Å². The Bertz CT molecular complexity index is 491. The highest BCUT2D eigenvalue weighted by molar-refractivity contribution is 5.82. The SMILES string of the molecule is C[C@@H]1C[C@H](CC(=O)N[C@@H]2CC(=O)N(CC(F)(F)F)C2)CC(C)(C)C1. The number of carbonyl (C=O) groups excluding carboxylic acids is 2. The van der Waals surface area contributed by atoms with Gasteiger partial charge in [0.1, 0.15) is 6.54 Å². The lowest BCUT2D eigenvalue weighted by atomic mass is 9.67. The van der Waals surface area contributed by atoms with Crippen LogP contribution in [0.5, 0.6) is 0 Å². The molecule has 2 aliphatic rings. The van der Waals surface area contributed by atoms with E-state index in [2.05, 4.69) is 26.1 Å². The van der Waals surface area contributed by atoms with Crippen molar-refractivity contribution in [1.82, 2.24) is 10.2 Å². The summed E-state index contributed by atoms with van der Waals surface area (Å²) in [4.78, 5) is 24.6. The third-order valence-electron chi connectivity index (χ3n) is 4.90. The summed E-state index contributed by atoms with van der Waals surface area (Å²) in [6.45, 7) is 5.30. The second-order valence-corrected chi connectivity index (χ2v) is 8.34. The minimum absolute atomic E-state index is 0.0472. The minimum atomic E-state index is -4.40. The fourth-order valence-electron chi connectivity index (χ4n) is 4.49. The number of amides is 2. The molecular weight excluding hydrogens is 321 g/mol. The average molecular weight is 348 g/mol. The molecule has 2 rings (SSSR count). The van der Waals surface area contributed by atoms with Gasteiger partial charge in [-0.1, -0.05) is 20.8 Å². The van der Waals surface area contributed by atoms with Crippen molar-refractivity contribution in [2.75, 3.05) is 13.1 Å². The van der Waals surface area contributed by atoms with Gasteiger partial charge in [0.2, 0.25) is 11.8 Å². The van der Waals surface area contributed by atoms with E-state index in [4.69, 9.17) is 0 Å². The van der Waals surface area contributed by atoms with E-state index in [0.717, 1.165) is 24.2 Å². The van der Waals surface area contributed by atoms with Crippen LogP contribution in [0, 0.1) is 17.3 Å². The average Bonchev–Trinajstić information content (AvgIpc) is 2.63. The first-order valence-electron chi connectivity index (χ1n) is 8.57. The first-order chi connectivity index (χ1) is 10.9. The molecule has 4 nitrogen and oxygen atoms in total. The molecule has 0 radical (unpaired) electrons. The lowest BCUT2D eigenvalue weighted by Crippen LogP contribution is -2.40. The van der Waals surface area contributed by atoms with Crippen molar-refractivity contribution in [3.63, 3.8) is 0 Å². The van der Waals surface area contributed by atoms with Crippen LogP contribution >= 0.6 is 0 Å². The third-order valence-corrected chi connectivity index (χ3v) is 4.90. The summed E-state index contributed by atoms with van der Waals surface area (Å²) in [6.07, 6.45) is -0.936. The second kappa shape index (κ2) is 6.92. The molecular formula is C17H27F3N2O2. The molecule has 0 unspecified atom stereocenters. The van der Waals surface area contributed by atoms with Crippen LogP contribution in [-0.2, 0) is 9.59 Å². The molecule has 0 bridgehead atoms. The topological polar surface area (TPSA) is 49.4 Å². The zero-order valence-corrected chi connectivity index (χ0v) is 14.6. The van der Waals surface area contributed by atoms with Gasteiger partial charge in [-0.2, -0.15) is 13.2 Å². The van der Waals surface area contributed by atoms with Crippen LogP contribution in [0.15, 0.2) is 0 Å². The summed E-state index contributed by atoms with van der Waals surface area (Å²) in [6, 6.07) is -0.513. The summed E-state index contributed by atoms with van der Waals surface area (Å²) >= 11 is 0. The highest BCUT2D eigenvalue weighted by Gasteiger charge is 2.39. The maximum absolute atomic E-state index is 12.4. The first kappa shape index (κ1) is 19.1. The number of alkyl halides is 3. The molecule has 1 saturated heterocycles. The second-order valence-electron chi connectivity index (χ2n) is 8.34. The van der Waals surface area contributed by atoms with E-state index in [-0.39, 0.29) is 24.3 Å². The Morgan fingerprint density at radius 2 is 2.00 bits per heavy atom. The van der Waals surface area contributed by atoms with Gasteiger partial charge < -0.3 is 10.2 Å². The van der Waals surface area contributed by atoms with Crippen LogP contribution in [0.4, 0.5) is 13.2 Å². The molecule has 138 valence electrons. The molecule has 1 heterocycles. The van der Waals surface area contributed by atoms with Gasteiger partial charge in [0.05, 0.1) is 6.04 Å². The molecule has 3 atom stereocenters. The van der Waals surface area contributed by atoms with E-state index in [1.165, 1.54) is 0 Å². The summed E-state index contributed by atoms with van der Waals surface area (Å²) in [5.41, 5.74) is 0.218. The van der Waals surface area contributed by atoms with Crippen molar-refractivity contribution in [3.8, 4) is 0 Å². The molecule has 2 fully saturated rings. The van der Waals surface area contributed by atoms with E-state index < -0.39 is 24.7 Å². The van der Waals surface area contributed by atoms with Gasteiger partial charge >= 0.3 is 6.18 Å². The van der Waals surface area contributed by atoms with E-state index in [1.54, 1.807) is 0 Å². The van der Waals surface area contributed by atoms with Crippen LogP contribution in [0.2, 0.25) is 0 Å². The molecule has 0 aromatic heterocycles. The van der Waals surface area contributed by atoms with Crippen LogP contribution in [0.1, 0.15) is 52.9 Å². The predicted octanol–water partition coefficient (Wildman–Crippen LogP) is 3.12. The van der Waals surface area contributed by atoms with Gasteiger partial charge in [0.25, 0.3) is 0 Å². The monoisotopic (exact) mass is 348 g/mol. The maximum Gasteiger partial charge on any atom is 0.406 e. The number of nitrogens with one attached hydrogen (secondary N) is 1. The van der Waals surface area contributed by atoms with Crippen LogP contribution in [-0.4, -0.2) is 42.0 Å². The first-order valence-corrected chi connectivity index (χ1v) is 8.57. The molecule has 1 N–H and O–H groups in total. The van der Waals surface area contributed by atoms with E-state index in [1.807, 2.05) is 0 Å². The predicted molar refractivity (Wildman–Crippen MR) is 84.1 cm³/mol. The van der Waals surface area contributed by atoms with Crippen molar-refractivity contribution in [2.24, 2.45) is 17.3 Å². The number of hydrogen-bond acceptors (Lipinski definition) is 2. The summed E-state index contributed by atoms with van der Waals surface area (Å²) in [5, 5.41) is 2.75. The van der Waals surface area contributed by atoms with Crippen LogP contribution in [0.3, 0.4) is 0 Å². The molecule has 24 heavy (non-hydrogen) atoms. The largest absolute Gasteiger partial charge is 0.406 e. The lowest BCUT2D eigenvalue weighted by Gasteiger charge is -2.38. The number of halogens is 3. The van der Waals surface area contributed by atoms with Crippen LogP contribution < -0.4 is 5.32 Å². The normalized spacial score (nSPS) is 30.5. The Morgan fingerprint density at radius 3 is 2.58 bits per heavy atom. The van der Waals surface area contributed by atoms with E-state index >= 15 is 0 Å². The van der Waals surface area contributed by atoms with Gasteiger partial charge in [-0.25, -0.2) is 0 Å². The van der Waals surface area contributed by atoms with E-state index in [9.17, 15) is 22.8 Å². The zero-order valence-electron chi connectivity index (χ0n) is 14.6. The molecule has 1 aliphatic heterocycles. The standard InChI is InChI=1S/C17H27F3N2O2/c1-11-4-12(8-16(2,3)7-11)5-14(23)21-13-6-15(24)22(9-13)10-17(18,19)20/h11-13H,4-10H2,1-3H3,(H,21,23)/t11-,12-,13-/m1/s1. The molecule has 1 saturated carbocycles. The number of rotatable bonds is 4. The number of hydrogen-bond donors (Lipinski definition) is 1. The Hall–Kier alpha value is -1.27. The highest BCUT2D eigenvalue weighted by atomic mass is 19.4. The highest BCUT2D eigenvalue weighted by Crippen LogP contribution is 2.42.